The van der Waals surface area contributed by atoms with Gasteiger partial charge in [0.2, 0.25) is 5.76 Å². The van der Waals surface area contributed by atoms with E-state index in [4.69, 9.17) is 25.0 Å². The maximum absolute atomic E-state index is 12.0. The topological polar surface area (TPSA) is 111 Å². The summed E-state index contributed by atoms with van der Waals surface area (Å²) >= 11 is 0. The molecule has 1 aromatic carbocycles. The van der Waals surface area contributed by atoms with Gasteiger partial charge in [-0.25, -0.2) is 4.79 Å². The normalized spacial score (nSPS) is 11.5. The van der Waals surface area contributed by atoms with Crippen molar-refractivity contribution in [2.75, 3.05) is 6.61 Å². The smallest absolute Gasteiger partial charge is 0.374 e. The first kappa shape index (κ1) is 19.6. The number of hydrogen-bond donors (Lipinski definition) is 3. The Kier molecular flexibility index (Phi) is 6.91. The second kappa shape index (κ2) is 8.44. The minimum absolute atomic E-state index is 0. The minimum atomic E-state index is -0.499. The van der Waals surface area contributed by atoms with Crippen LogP contribution < -0.4 is 15.8 Å². The fourth-order valence-electron chi connectivity index (χ4n) is 2.30. The average Bonchev–Trinajstić information content (AvgIpc) is 2.84. The predicted octanol–water partition coefficient (Wildman–Crippen LogP) is 2.94. The first-order valence-electron chi connectivity index (χ1n) is 7.44. The summed E-state index contributed by atoms with van der Waals surface area (Å²) in [6.45, 7) is 5.71. The molecule has 1 heterocycles. The number of carbonyl (C=O) groups is 1. The Bertz CT molecular complexity index is 729. The Balaban J connectivity index is 0.00000288. The van der Waals surface area contributed by atoms with Crippen LogP contribution in [0.3, 0.4) is 0 Å². The number of nitrogens with two attached hydrogens (primary N) is 1. The molecule has 0 aliphatic heterocycles. The van der Waals surface area contributed by atoms with E-state index in [0.29, 0.717) is 28.7 Å². The van der Waals surface area contributed by atoms with Crippen LogP contribution in [0.4, 0.5) is 0 Å². The number of guanidine groups is 1. The molecule has 132 valence electrons. The van der Waals surface area contributed by atoms with Crippen LogP contribution in [0.15, 0.2) is 22.6 Å². The third-order valence-electron chi connectivity index (χ3n) is 3.33. The van der Waals surface area contributed by atoms with Crippen molar-refractivity contribution >= 4 is 35.3 Å². The Morgan fingerprint density at radius 1 is 1.42 bits per heavy atom. The van der Waals surface area contributed by atoms with E-state index < -0.39 is 12.2 Å². The van der Waals surface area contributed by atoms with E-state index in [0.717, 1.165) is 0 Å². The molecular formula is C16H22ClN3O4. The first-order chi connectivity index (χ1) is 11.0. The highest BCUT2D eigenvalue weighted by Gasteiger charge is 2.22. The van der Waals surface area contributed by atoms with Crippen molar-refractivity contribution < 1.29 is 18.7 Å². The molecule has 0 aliphatic rings. The molecule has 1 atom stereocenters. The van der Waals surface area contributed by atoms with Crippen LogP contribution in [-0.4, -0.2) is 24.8 Å². The number of halogens is 1. The van der Waals surface area contributed by atoms with Crippen molar-refractivity contribution in [2.45, 2.75) is 33.4 Å². The summed E-state index contributed by atoms with van der Waals surface area (Å²) in [5, 5.41) is 10.7. The first-order valence-corrected chi connectivity index (χ1v) is 7.44. The van der Waals surface area contributed by atoms with E-state index in [2.05, 4.69) is 5.32 Å². The molecule has 0 fully saturated rings. The molecular weight excluding hydrogens is 334 g/mol. The Hall–Kier alpha value is -2.41. The maximum atomic E-state index is 12.0. The van der Waals surface area contributed by atoms with E-state index in [-0.39, 0.29) is 30.7 Å². The van der Waals surface area contributed by atoms with Gasteiger partial charge in [0.25, 0.3) is 0 Å². The van der Waals surface area contributed by atoms with E-state index in [1.165, 1.54) is 0 Å². The number of hydrogen-bond acceptors (Lipinski definition) is 5. The largest absolute Gasteiger partial charge is 0.470 e. The molecule has 0 radical (unpaired) electrons. The second-order valence-corrected chi connectivity index (χ2v) is 4.98. The summed E-state index contributed by atoms with van der Waals surface area (Å²) in [6, 6.07) is 5.32. The van der Waals surface area contributed by atoms with Crippen LogP contribution in [0.2, 0.25) is 0 Å². The summed E-state index contributed by atoms with van der Waals surface area (Å²) in [6.07, 6.45) is 0.163. The Morgan fingerprint density at radius 2 is 2.12 bits per heavy atom. The van der Waals surface area contributed by atoms with Gasteiger partial charge in [-0.3, -0.25) is 5.41 Å². The maximum Gasteiger partial charge on any atom is 0.374 e. The van der Waals surface area contributed by atoms with Gasteiger partial charge >= 0.3 is 5.97 Å². The monoisotopic (exact) mass is 355 g/mol. The fraction of sp³-hybridized carbons (Fsp3) is 0.375. The molecule has 1 aromatic heterocycles. The van der Waals surface area contributed by atoms with Gasteiger partial charge in [0, 0.05) is 12.0 Å². The standard InChI is InChI=1S/C16H21N3O4.ClH/c1-4-12(19-16(17)18)22-10-7-6-8-11-13(10)9(3)14(23-11)15(20)21-5-2;/h6-8,12H,4-5H2,1-3H3,(H4,17,18,19);1H. The van der Waals surface area contributed by atoms with Crippen LogP contribution in [0.5, 0.6) is 5.75 Å². The zero-order chi connectivity index (χ0) is 17.0. The molecule has 0 aliphatic carbocycles. The number of fused-ring (bicyclic) bond motifs is 1. The molecule has 0 spiro atoms. The van der Waals surface area contributed by atoms with Gasteiger partial charge in [-0.1, -0.05) is 13.0 Å². The number of aryl methyl sites for hydroxylation is 1. The van der Waals surface area contributed by atoms with Gasteiger partial charge in [-0.15, -0.1) is 12.4 Å². The van der Waals surface area contributed by atoms with Crippen molar-refractivity contribution in [1.29, 1.82) is 5.41 Å². The van der Waals surface area contributed by atoms with Gasteiger partial charge in [0.15, 0.2) is 12.2 Å². The third kappa shape index (κ3) is 4.11. The lowest BCUT2D eigenvalue weighted by Crippen LogP contribution is -2.42. The number of esters is 1. The molecule has 0 amide bonds. The predicted molar refractivity (Wildman–Crippen MR) is 93.9 cm³/mol. The summed E-state index contributed by atoms with van der Waals surface area (Å²) in [7, 11) is 0. The minimum Gasteiger partial charge on any atom is -0.470 e. The molecule has 2 aromatic rings. The zero-order valence-corrected chi connectivity index (χ0v) is 14.7. The molecule has 0 saturated carbocycles. The second-order valence-electron chi connectivity index (χ2n) is 4.98. The van der Waals surface area contributed by atoms with E-state index in [9.17, 15) is 4.79 Å². The number of furan rings is 1. The number of carbonyl (C=O) groups excluding carboxylic acids is 1. The van der Waals surface area contributed by atoms with Gasteiger partial charge in [0.05, 0.1) is 12.0 Å². The van der Waals surface area contributed by atoms with Gasteiger partial charge in [0.1, 0.15) is 11.3 Å². The third-order valence-corrected chi connectivity index (χ3v) is 3.33. The zero-order valence-electron chi connectivity index (χ0n) is 13.8. The highest BCUT2D eigenvalue weighted by Crippen LogP contribution is 2.34. The lowest BCUT2D eigenvalue weighted by Gasteiger charge is -2.19. The van der Waals surface area contributed by atoms with E-state index in [1.54, 1.807) is 32.0 Å². The highest BCUT2D eigenvalue weighted by atomic mass is 35.5. The van der Waals surface area contributed by atoms with E-state index >= 15 is 0 Å². The van der Waals surface area contributed by atoms with Crippen LogP contribution in [0.1, 0.15) is 36.4 Å². The van der Waals surface area contributed by atoms with Gasteiger partial charge in [-0.2, -0.15) is 0 Å². The number of ether oxygens (including phenoxy) is 2. The van der Waals surface area contributed by atoms with Crippen molar-refractivity contribution in [1.82, 2.24) is 5.32 Å². The van der Waals surface area contributed by atoms with Gasteiger partial charge in [-0.05, 0) is 26.0 Å². The van der Waals surface area contributed by atoms with Crippen LogP contribution in [0.25, 0.3) is 11.0 Å². The molecule has 0 bridgehead atoms. The summed E-state index contributed by atoms with van der Waals surface area (Å²) in [5.41, 5.74) is 6.56. The van der Waals surface area contributed by atoms with Crippen LogP contribution in [0, 0.1) is 12.3 Å². The molecule has 2 rings (SSSR count). The molecule has 1 unspecified atom stereocenters. The van der Waals surface area contributed by atoms with Crippen LogP contribution >= 0.6 is 12.4 Å². The lowest BCUT2D eigenvalue weighted by molar-refractivity contribution is 0.0491. The van der Waals surface area contributed by atoms with E-state index in [1.807, 2.05) is 6.92 Å². The molecule has 8 heteroatoms. The quantitative estimate of drug-likeness (QED) is 0.318. The molecule has 0 saturated heterocycles. The van der Waals surface area contributed by atoms with Gasteiger partial charge < -0.3 is 24.9 Å². The number of benzene rings is 1. The summed E-state index contributed by atoms with van der Waals surface area (Å²) < 4.78 is 16.5. The summed E-state index contributed by atoms with van der Waals surface area (Å²) in [4.78, 5) is 12.0. The van der Waals surface area contributed by atoms with Crippen molar-refractivity contribution in [3.63, 3.8) is 0 Å². The average molecular weight is 356 g/mol. The highest BCUT2D eigenvalue weighted by molar-refractivity contribution is 5.98. The van der Waals surface area contributed by atoms with Crippen LogP contribution in [-0.2, 0) is 4.74 Å². The van der Waals surface area contributed by atoms with Crippen molar-refractivity contribution in [3.8, 4) is 5.75 Å². The fourth-order valence-corrected chi connectivity index (χ4v) is 2.30. The number of rotatable bonds is 6. The summed E-state index contributed by atoms with van der Waals surface area (Å²) in [5.74, 6) is 0.0616. The lowest BCUT2D eigenvalue weighted by atomic mass is 10.1. The Labute approximate surface area is 146 Å². The van der Waals surface area contributed by atoms with Crippen molar-refractivity contribution in [3.05, 3.63) is 29.5 Å². The SMILES string of the molecule is CCOC(=O)c1oc2cccc(OC(CC)NC(=N)N)c2c1C.Cl. The molecule has 4 N–H and O–H groups in total. The Morgan fingerprint density at radius 3 is 2.71 bits per heavy atom. The molecule has 24 heavy (non-hydrogen) atoms. The van der Waals surface area contributed by atoms with Crippen molar-refractivity contribution in [2.24, 2.45) is 5.73 Å². The molecule has 7 nitrogen and oxygen atoms in total. The number of nitrogens with one attached hydrogen (secondary N) is 2.